The maximum absolute atomic E-state index is 12.5. The van der Waals surface area contributed by atoms with Crippen LogP contribution < -0.4 is 5.32 Å². The van der Waals surface area contributed by atoms with E-state index in [9.17, 15) is 4.79 Å². The van der Waals surface area contributed by atoms with Crippen LogP contribution in [0.1, 0.15) is 29.4 Å². The molecule has 1 aromatic rings. The molecule has 20 heavy (non-hydrogen) atoms. The summed E-state index contributed by atoms with van der Waals surface area (Å²) in [6.07, 6.45) is 4.27. The first-order valence-corrected chi connectivity index (χ1v) is 7.47. The molecule has 3 aliphatic heterocycles. The Morgan fingerprint density at radius 3 is 2.95 bits per heavy atom. The van der Waals surface area contributed by atoms with Gasteiger partial charge in [0.2, 0.25) is 0 Å². The van der Waals surface area contributed by atoms with Crippen molar-refractivity contribution in [2.75, 3.05) is 39.3 Å². The van der Waals surface area contributed by atoms with Crippen molar-refractivity contribution in [3.63, 3.8) is 0 Å². The van der Waals surface area contributed by atoms with Crippen LogP contribution in [0.2, 0.25) is 0 Å². The van der Waals surface area contributed by atoms with Gasteiger partial charge in [-0.05, 0) is 19.4 Å². The predicted molar refractivity (Wildman–Crippen MR) is 72.4 cm³/mol. The van der Waals surface area contributed by atoms with E-state index in [1.54, 1.807) is 6.20 Å². The van der Waals surface area contributed by atoms with Crippen LogP contribution in [-0.4, -0.2) is 76.0 Å². The SMILES string of the molecule is O=C(c1cn(C2CNC2)nn1)N1CCN2CCCC2C1. The van der Waals surface area contributed by atoms with Gasteiger partial charge in [0, 0.05) is 38.8 Å². The van der Waals surface area contributed by atoms with Gasteiger partial charge in [0.1, 0.15) is 0 Å². The topological polar surface area (TPSA) is 66.3 Å². The van der Waals surface area contributed by atoms with Gasteiger partial charge in [0.05, 0.1) is 12.2 Å². The summed E-state index contributed by atoms with van der Waals surface area (Å²) < 4.78 is 1.82. The van der Waals surface area contributed by atoms with Crippen molar-refractivity contribution >= 4 is 5.91 Å². The Bertz CT molecular complexity index is 511. The van der Waals surface area contributed by atoms with Crippen LogP contribution in [0.4, 0.5) is 0 Å². The molecule has 1 N–H and O–H groups in total. The number of amides is 1. The van der Waals surface area contributed by atoms with Crippen LogP contribution in [0.15, 0.2) is 6.20 Å². The highest BCUT2D eigenvalue weighted by Crippen LogP contribution is 2.22. The molecule has 7 heteroatoms. The van der Waals surface area contributed by atoms with Gasteiger partial charge in [-0.15, -0.1) is 5.10 Å². The van der Waals surface area contributed by atoms with Crippen molar-refractivity contribution in [3.8, 4) is 0 Å². The highest BCUT2D eigenvalue weighted by Gasteiger charge is 2.33. The van der Waals surface area contributed by atoms with Gasteiger partial charge < -0.3 is 10.2 Å². The first kappa shape index (κ1) is 12.3. The van der Waals surface area contributed by atoms with Crippen molar-refractivity contribution in [3.05, 3.63) is 11.9 Å². The fourth-order valence-electron chi connectivity index (χ4n) is 3.35. The maximum Gasteiger partial charge on any atom is 0.276 e. The largest absolute Gasteiger partial charge is 0.334 e. The maximum atomic E-state index is 12.5. The number of nitrogens with one attached hydrogen (secondary N) is 1. The second-order valence-electron chi connectivity index (χ2n) is 5.98. The van der Waals surface area contributed by atoms with E-state index in [1.165, 1.54) is 19.4 Å². The lowest BCUT2D eigenvalue weighted by Crippen LogP contribution is -2.52. The van der Waals surface area contributed by atoms with E-state index in [4.69, 9.17) is 0 Å². The monoisotopic (exact) mass is 276 g/mol. The van der Waals surface area contributed by atoms with E-state index in [2.05, 4.69) is 20.5 Å². The van der Waals surface area contributed by atoms with Gasteiger partial charge in [0.15, 0.2) is 5.69 Å². The van der Waals surface area contributed by atoms with Crippen LogP contribution in [0.5, 0.6) is 0 Å². The third-order valence-corrected chi connectivity index (χ3v) is 4.74. The Morgan fingerprint density at radius 2 is 2.15 bits per heavy atom. The van der Waals surface area contributed by atoms with E-state index in [1.807, 2.05) is 9.58 Å². The summed E-state index contributed by atoms with van der Waals surface area (Å²) in [6, 6.07) is 0.911. The molecule has 0 aliphatic carbocycles. The Morgan fingerprint density at radius 1 is 1.25 bits per heavy atom. The molecule has 0 spiro atoms. The molecule has 3 aliphatic rings. The van der Waals surface area contributed by atoms with Gasteiger partial charge in [0.25, 0.3) is 5.91 Å². The highest BCUT2D eigenvalue weighted by molar-refractivity contribution is 5.92. The van der Waals surface area contributed by atoms with Crippen LogP contribution in [0.3, 0.4) is 0 Å². The van der Waals surface area contributed by atoms with Crippen LogP contribution >= 0.6 is 0 Å². The predicted octanol–water partition coefficient (Wildman–Crippen LogP) is -0.657. The lowest BCUT2D eigenvalue weighted by Gasteiger charge is -2.37. The number of piperazine rings is 1. The third kappa shape index (κ3) is 2.01. The second kappa shape index (κ2) is 4.82. The minimum absolute atomic E-state index is 0.0371. The molecular formula is C13H20N6O. The smallest absolute Gasteiger partial charge is 0.276 e. The van der Waals surface area contributed by atoms with E-state index in [-0.39, 0.29) is 5.91 Å². The van der Waals surface area contributed by atoms with E-state index in [0.29, 0.717) is 17.8 Å². The third-order valence-electron chi connectivity index (χ3n) is 4.74. The summed E-state index contributed by atoms with van der Waals surface area (Å²) in [5.74, 6) is 0.0371. The molecule has 108 valence electrons. The van der Waals surface area contributed by atoms with Gasteiger partial charge in [-0.3, -0.25) is 9.69 Å². The van der Waals surface area contributed by atoms with E-state index in [0.717, 1.165) is 32.7 Å². The van der Waals surface area contributed by atoms with Crippen molar-refractivity contribution < 1.29 is 4.79 Å². The van der Waals surface area contributed by atoms with Crippen molar-refractivity contribution in [2.24, 2.45) is 0 Å². The lowest BCUT2D eigenvalue weighted by atomic mass is 10.1. The Kier molecular flexibility index (Phi) is 2.96. The number of fused-ring (bicyclic) bond motifs is 1. The number of hydrogen-bond donors (Lipinski definition) is 1. The van der Waals surface area contributed by atoms with Crippen LogP contribution in [0.25, 0.3) is 0 Å². The second-order valence-corrected chi connectivity index (χ2v) is 5.98. The van der Waals surface area contributed by atoms with Crippen molar-refractivity contribution in [1.82, 2.24) is 30.1 Å². The summed E-state index contributed by atoms with van der Waals surface area (Å²) in [5, 5.41) is 11.3. The number of nitrogens with zero attached hydrogens (tertiary/aromatic N) is 5. The standard InChI is InChI=1S/C13H20N6O/c20-13(12-9-19(16-15-12)11-6-14-7-11)18-5-4-17-3-1-2-10(17)8-18/h9-11,14H,1-8H2. The zero-order chi connectivity index (χ0) is 13.5. The Balaban J connectivity index is 1.45. The Hall–Kier alpha value is -1.47. The van der Waals surface area contributed by atoms with Crippen LogP contribution in [-0.2, 0) is 0 Å². The molecule has 0 bridgehead atoms. The zero-order valence-electron chi connectivity index (χ0n) is 11.5. The molecule has 3 fully saturated rings. The van der Waals surface area contributed by atoms with Crippen LogP contribution in [0, 0.1) is 0 Å². The van der Waals surface area contributed by atoms with E-state index < -0.39 is 0 Å². The quantitative estimate of drug-likeness (QED) is 0.777. The summed E-state index contributed by atoms with van der Waals surface area (Å²) in [6.45, 7) is 5.67. The van der Waals surface area contributed by atoms with E-state index >= 15 is 0 Å². The summed E-state index contributed by atoms with van der Waals surface area (Å²) in [4.78, 5) is 17.0. The molecule has 0 saturated carbocycles. The van der Waals surface area contributed by atoms with Gasteiger partial charge in [-0.2, -0.15) is 0 Å². The number of carbonyl (C=O) groups excluding carboxylic acids is 1. The molecule has 1 amide bonds. The molecule has 1 aromatic heterocycles. The number of rotatable bonds is 2. The first-order chi connectivity index (χ1) is 9.81. The zero-order valence-corrected chi connectivity index (χ0v) is 11.5. The summed E-state index contributed by atoms with van der Waals surface area (Å²) >= 11 is 0. The number of carbonyl (C=O) groups is 1. The molecule has 4 heterocycles. The average Bonchev–Trinajstić information content (AvgIpc) is 3.03. The molecule has 4 rings (SSSR count). The molecule has 1 atom stereocenters. The molecule has 3 saturated heterocycles. The molecule has 1 unspecified atom stereocenters. The normalized spacial score (nSPS) is 27.4. The molecular weight excluding hydrogens is 256 g/mol. The summed E-state index contributed by atoms with van der Waals surface area (Å²) in [7, 11) is 0. The van der Waals surface area contributed by atoms with Crippen molar-refractivity contribution in [1.29, 1.82) is 0 Å². The molecule has 0 radical (unpaired) electrons. The molecule has 0 aromatic carbocycles. The fraction of sp³-hybridized carbons (Fsp3) is 0.769. The first-order valence-electron chi connectivity index (χ1n) is 7.47. The molecule has 7 nitrogen and oxygen atoms in total. The minimum Gasteiger partial charge on any atom is -0.334 e. The van der Waals surface area contributed by atoms with Gasteiger partial charge in [-0.25, -0.2) is 4.68 Å². The van der Waals surface area contributed by atoms with Crippen molar-refractivity contribution in [2.45, 2.75) is 24.9 Å². The van der Waals surface area contributed by atoms with Gasteiger partial charge >= 0.3 is 0 Å². The Labute approximate surface area is 117 Å². The average molecular weight is 276 g/mol. The minimum atomic E-state index is 0.0371. The fourth-order valence-corrected chi connectivity index (χ4v) is 3.35. The summed E-state index contributed by atoms with van der Waals surface area (Å²) in [5.41, 5.74) is 0.489. The van der Waals surface area contributed by atoms with Gasteiger partial charge in [-0.1, -0.05) is 5.21 Å². The number of hydrogen-bond acceptors (Lipinski definition) is 5. The lowest BCUT2D eigenvalue weighted by molar-refractivity contribution is 0.0565. The highest BCUT2D eigenvalue weighted by atomic mass is 16.2. The number of aromatic nitrogens is 3.